The zero-order valence-corrected chi connectivity index (χ0v) is 21.2. The summed E-state index contributed by atoms with van der Waals surface area (Å²) in [5.41, 5.74) is -3.28. The number of aliphatic hydroxyl groups is 1. The van der Waals surface area contributed by atoms with E-state index < -0.39 is 39.8 Å². The summed E-state index contributed by atoms with van der Waals surface area (Å²) >= 11 is 6.74. The molecule has 0 heterocycles. The van der Waals surface area contributed by atoms with Crippen LogP contribution in [0.15, 0.2) is 23.8 Å². The van der Waals surface area contributed by atoms with Crippen LogP contribution in [0, 0.1) is 34.5 Å². The first-order chi connectivity index (χ1) is 15.9. The molecule has 188 valence electrons. The number of unbranched alkanes of at least 4 members (excludes halogenated alkanes) is 1. The van der Waals surface area contributed by atoms with Crippen LogP contribution in [0.2, 0.25) is 0 Å². The highest BCUT2D eigenvalue weighted by molar-refractivity contribution is 6.23. The van der Waals surface area contributed by atoms with Crippen molar-refractivity contribution < 1.29 is 28.6 Å². The highest BCUT2D eigenvalue weighted by Crippen LogP contribution is 2.70. The van der Waals surface area contributed by atoms with E-state index in [2.05, 4.69) is 0 Å². The van der Waals surface area contributed by atoms with Crippen molar-refractivity contribution in [1.82, 2.24) is 0 Å². The number of alkyl halides is 2. The van der Waals surface area contributed by atoms with E-state index in [4.69, 9.17) is 16.3 Å². The number of Topliss-reactive ketones (excluding diaryl/α,β-unsaturated/α-hetero) is 1. The molecule has 9 atom stereocenters. The third-order valence-electron chi connectivity index (χ3n) is 9.43. The molecule has 0 unspecified atom stereocenters. The van der Waals surface area contributed by atoms with Crippen molar-refractivity contribution in [2.75, 3.05) is 6.61 Å². The second-order valence-corrected chi connectivity index (χ2v) is 11.9. The number of aliphatic hydroxyl groups excluding tert-OH is 1. The van der Waals surface area contributed by atoms with Gasteiger partial charge in [-0.1, -0.05) is 33.3 Å². The van der Waals surface area contributed by atoms with E-state index in [1.807, 2.05) is 20.8 Å². The Morgan fingerprint density at radius 3 is 2.65 bits per heavy atom. The molecule has 0 bridgehead atoms. The van der Waals surface area contributed by atoms with Crippen molar-refractivity contribution in [3.05, 3.63) is 23.8 Å². The van der Waals surface area contributed by atoms with Crippen LogP contribution >= 0.6 is 11.6 Å². The molecule has 34 heavy (non-hydrogen) atoms. The van der Waals surface area contributed by atoms with E-state index in [0.29, 0.717) is 24.8 Å². The van der Waals surface area contributed by atoms with Gasteiger partial charge in [0.25, 0.3) is 0 Å². The van der Waals surface area contributed by atoms with Crippen LogP contribution in [0.4, 0.5) is 4.39 Å². The molecule has 3 saturated carbocycles. The Balaban J connectivity index is 1.63. The van der Waals surface area contributed by atoms with Crippen molar-refractivity contribution in [1.29, 1.82) is 0 Å². The van der Waals surface area contributed by atoms with Crippen LogP contribution in [0.25, 0.3) is 0 Å². The van der Waals surface area contributed by atoms with Crippen LogP contribution in [0.3, 0.4) is 0 Å². The highest BCUT2D eigenvalue weighted by Gasteiger charge is 2.72. The average molecular weight is 495 g/mol. The van der Waals surface area contributed by atoms with Crippen LogP contribution < -0.4 is 0 Å². The Morgan fingerprint density at radius 1 is 1.26 bits per heavy atom. The number of esters is 1. The Bertz CT molecular complexity index is 945. The van der Waals surface area contributed by atoms with E-state index >= 15 is 4.39 Å². The Labute approximate surface area is 206 Å². The summed E-state index contributed by atoms with van der Waals surface area (Å²) in [6, 6.07) is 0. The molecule has 0 aliphatic heterocycles. The number of carbonyl (C=O) groups is 3. The fourth-order valence-electron chi connectivity index (χ4n) is 7.89. The third kappa shape index (κ3) is 3.62. The van der Waals surface area contributed by atoms with E-state index in [1.54, 1.807) is 13.0 Å². The van der Waals surface area contributed by atoms with Gasteiger partial charge in [-0.3, -0.25) is 14.4 Å². The van der Waals surface area contributed by atoms with Crippen molar-refractivity contribution in [2.45, 2.75) is 83.4 Å². The molecule has 0 spiro atoms. The fraction of sp³-hybridized carbons (Fsp3) is 0.741. The number of carbonyl (C=O) groups excluding carboxylic acids is 3. The predicted molar refractivity (Wildman–Crippen MR) is 127 cm³/mol. The second-order valence-electron chi connectivity index (χ2n) is 11.4. The van der Waals surface area contributed by atoms with Gasteiger partial charge >= 0.3 is 5.97 Å². The van der Waals surface area contributed by atoms with Crippen LogP contribution in [-0.2, 0) is 19.1 Å². The quantitative estimate of drug-likeness (QED) is 0.426. The van der Waals surface area contributed by atoms with Crippen LogP contribution in [0.5, 0.6) is 0 Å². The number of allylic oxidation sites excluding steroid dienone is 4. The lowest BCUT2D eigenvalue weighted by atomic mass is 9.45. The minimum atomic E-state index is -1.99. The van der Waals surface area contributed by atoms with Gasteiger partial charge in [0.15, 0.2) is 17.2 Å². The number of halogens is 2. The molecule has 4 rings (SSSR count). The molecule has 0 amide bonds. The monoisotopic (exact) mass is 494 g/mol. The maximum Gasteiger partial charge on any atom is 0.306 e. The molecule has 0 radical (unpaired) electrons. The molecule has 0 aromatic carbocycles. The van der Waals surface area contributed by atoms with E-state index in [1.165, 1.54) is 12.2 Å². The van der Waals surface area contributed by atoms with Crippen molar-refractivity contribution in [3.63, 3.8) is 0 Å². The number of hydrogen-bond acceptors (Lipinski definition) is 5. The standard InChI is InChI=1S/C27H36ClFO5/c1-5-6-7-23(33)34-14-21(31)24-15(2)10-17-18-12-20(28)19-11-16(30)8-9-26(19,4)27(18,29)22(32)13-25(17,24)3/h8-9,11,15,17-18,20,22,24,32H,5-7,10,12-14H2,1-4H3/t15-,17-,18-,20-,22-,24+,25-,26-,27-/m0/s1. The molecule has 3 fully saturated rings. The van der Waals surface area contributed by atoms with Gasteiger partial charge in [-0.2, -0.15) is 0 Å². The molecule has 4 aliphatic carbocycles. The SMILES string of the molecule is CCCCC(=O)OCC(=O)[C@H]1[C@@H](C)C[C@H]2[C@@H]3C[C@H](Cl)C4=CC(=O)C=C[C@]4(C)[C@@]3(F)[C@@H](O)C[C@@]21C. The molecular weight excluding hydrogens is 459 g/mol. The summed E-state index contributed by atoms with van der Waals surface area (Å²) in [5.74, 6) is -1.94. The number of fused-ring (bicyclic) bond motifs is 5. The van der Waals surface area contributed by atoms with Gasteiger partial charge in [-0.25, -0.2) is 4.39 Å². The summed E-state index contributed by atoms with van der Waals surface area (Å²) in [7, 11) is 0. The molecule has 1 N–H and O–H groups in total. The first-order valence-corrected chi connectivity index (χ1v) is 13.0. The van der Waals surface area contributed by atoms with Gasteiger partial charge in [0.2, 0.25) is 0 Å². The van der Waals surface area contributed by atoms with Crippen molar-refractivity contribution >= 4 is 29.1 Å². The van der Waals surface area contributed by atoms with E-state index in [9.17, 15) is 19.5 Å². The maximum atomic E-state index is 17.2. The number of ether oxygens (including phenoxy) is 1. The third-order valence-corrected chi connectivity index (χ3v) is 9.84. The topological polar surface area (TPSA) is 80.7 Å². The molecule has 0 saturated heterocycles. The summed E-state index contributed by atoms with van der Waals surface area (Å²) in [6.45, 7) is 7.39. The highest BCUT2D eigenvalue weighted by atomic mass is 35.5. The predicted octanol–water partition coefficient (Wildman–Crippen LogP) is 4.74. The summed E-state index contributed by atoms with van der Waals surface area (Å²) in [4.78, 5) is 37.3. The van der Waals surface area contributed by atoms with Crippen molar-refractivity contribution in [2.24, 2.45) is 34.5 Å². The van der Waals surface area contributed by atoms with Gasteiger partial charge in [0.05, 0.1) is 11.5 Å². The first-order valence-electron chi connectivity index (χ1n) is 12.5. The summed E-state index contributed by atoms with van der Waals surface area (Å²) in [6.07, 6.45) is 6.00. The smallest absolute Gasteiger partial charge is 0.306 e. The second kappa shape index (κ2) is 8.85. The molecule has 4 aliphatic rings. The zero-order valence-electron chi connectivity index (χ0n) is 20.5. The van der Waals surface area contributed by atoms with Crippen LogP contribution in [-0.4, -0.2) is 46.4 Å². The lowest BCUT2D eigenvalue weighted by Gasteiger charge is -2.62. The van der Waals surface area contributed by atoms with E-state index in [0.717, 1.165) is 6.42 Å². The largest absolute Gasteiger partial charge is 0.458 e. The maximum absolute atomic E-state index is 17.2. The summed E-state index contributed by atoms with van der Waals surface area (Å²) in [5, 5.41) is 10.9. The Morgan fingerprint density at radius 2 is 1.97 bits per heavy atom. The molecule has 0 aromatic heterocycles. The molecule has 0 aromatic rings. The molecule has 5 nitrogen and oxygen atoms in total. The first kappa shape index (κ1) is 25.6. The van der Waals surface area contributed by atoms with Crippen molar-refractivity contribution in [3.8, 4) is 0 Å². The average Bonchev–Trinajstić information content (AvgIpc) is 3.03. The normalized spacial score (nSPS) is 45.1. The summed E-state index contributed by atoms with van der Waals surface area (Å²) < 4.78 is 22.5. The van der Waals surface area contributed by atoms with E-state index in [-0.39, 0.29) is 48.8 Å². The van der Waals surface area contributed by atoms with Gasteiger partial charge in [0, 0.05) is 23.7 Å². The van der Waals surface area contributed by atoms with Crippen LogP contribution in [0.1, 0.15) is 66.2 Å². The van der Waals surface area contributed by atoms with Gasteiger partial charge in [-0.05, 0) is 67.6 Å². The lowest BCUT2D eigenvalue weighted by Crippen LogP contribution is -2.68. The Hall–Kier alpha value is -1.53. The molecular formula is C27H36ClFO5. The number of hydrogen-bond donors (Lipinski definition) is 1. The zero-order chi connectivity index (χ0) is 25.1. The fourth-order valence-corrected chi connectivity index (χ4v) is 8.37. The lowest BCUT2D eigenvalue weighted by molar-refractivity contribution is -0.195. The number of ketones is 2. The van der Waals surface area contributed by atoms with Gasteiger partial charge < -0.3 is 9.84 Å². The Kier molecular flexibility index (Phi) is 6.65. The molecule has 7 heteroatoms. The van der Waals surface area contributed by atoms with Gasteiger partial charge in [-0.15, -0.1) is 11.6 Å². The minimum Gasteiger partial charge on any atom is -0.458 e. The minimum absolute atomic E-state index is 0.0339. The number of rotatable bonds is 6. The van der Waals surface area contributed by atoms with Gasteiger partial charge in [0.1, 0.15) is 6.61 Å².